The fraction of sp³-hybridized carbons (Fsp3) is 0.545. The van der Waals surface area contributed by atoms with Gasteiger partial charge in [-0.3, -0.25) is 4.68 Å². The van der Waals surface area contributed by atoms with E-state index in [1.54, 1.807) is 0 Å². The van der Waals surface area contributed by atoms with Gasteiger partial charge in [0, 0.05) is 57.9 Å². The van der Waals surface area contributed by atoms with E-state index in [0.717, 1.165) is 58.4 Å². The van der Waals surface area contributed by atoms with Crippen LogP contribution in [0.15, 0.2) is 42.7 Å². The Balaban J connectivity index is 1.18. The SMILES string of the molecule is Cn1cc(C2CCN(C(=O)NC3CCN(CCc4ccccc4)CC3)C2)cn1. The highest BCUT2D eigenvalue weighted by molar-refractivity contribution is 5.75. The Morgan fingerprint density at radius 2 is 1.93 bits per heavy atom. The standard InChI is InChI=1S/C22H31N5O/c1-25-16-20(15-23-25)19-8-14-27(17-19)22(28)24-21-9-12-26(13-10-21)11-7-18-5-3-2-4-6-18/h2-6,15-16,19,21H,7-14,17H2,1H3,(H,24,28). The van der Waals surface area contributed by atoms with Crippen molar-refractivity contribution < 1.29 is 4.79 Å². The minimum absolute atomic E-state index is 0.106. The second-order valence-electron chi connectivity index (χ2n) is 8.18. The van der Waals surface area contributed by atoms with Crippen LogP contribution in [-0.4, -0.2) is 64.4 Å². The lowest BCUT2D eigenvalue weighted by molar-refractivity contribution is 0.178. The van der Waals surface area contributed by atoms with Crippen molar-refractivity contribution in [3.8, 4) is 0 Å². The van der Waals surface area contributed by atoms with Gasteiger partial charge in [0.1, 0.15) is 0 Å². The Morgan fingerprint density at radius 1 is 1.14 bits per heavy atom. The van der Waals surface area contributed by atoms with Crippen molar-refractivity contribution in [2.24, 2.45) is 7.05 Å². The van der Waals surface area contributed by atoms with E-state index in [2.05, 4.69) is 51.8 Å². The van der Waals surface area contributed by atoms with Crippen LogP contribution in [0.4, 0.5) is 4.79 Å². The summed E-state index contributed by atoms with van der Waals surface area (Å²) in [7, 11) is 1.94. The number of likely N-dealkylation sites (tertiary alicyclic amines) is 2. The summed E-state index contributed by atoms with van der Waals surface area (Å²) < 4.78 is 1.84. The molecule has 28 heavy (non-hydrogen) atoms. The first-order valence-corrected chi connectivity index (χ1v) is 10.5. The smallest absolute Gasteiger partial charge is 0.317 e. The number of hydrogen-bond acceptors (Lipinski definition) is 3. The van der Waals surface area contributed by atoms with Crippen LogP contribution in [0, 0.1) is 0 Å². The molecular formula is C22H31N5O. The van der Waals surface area contributed by atoms with Gasteiger partial charge in [0.05, 0.1) is 6.20 Å². The average Bonchev–Trinajstić information content (AvgIpc) is 3.37. The van der Waals surface area contributed by atoms with Gasteiger partial charge in [-0.05, 0) is 36.8 Å². The first kappa shape index (κ1) is 19.0. The lowest BCUT2D eigenvalue weighted by Gasteiger charge is -2.33. The van der Waals surface area contributed by atoms with Gasteiger partial charge in [0.2, 0.25) is 0 Å². The van der Waals surface area contributed by atoms with Crippen LogP contribution < -0.4 is 5.32 Å². The molecule has 0 radical (unpaired) electrons. The molecule has 1 aromatic heterocycles. The predicted molar refractivity (Wildman–Crippen MR) is 110 cm³/mol. The maximum atomic E-state index is 12.7. The van der Waals surface area contributed by atoms with E-state index in [1.807, 2.05) is 22.8 Å². The van der Waals surface area contributed by atoms with E-state index in [-0.39, 0.29) is 6.03 Å². The second kappa shape index (κ2) is 8.78. The number of piperidine rings is 1. The average molecular weight is 382 g/mol. The predicted octanol–water partition coefficient (Wildman–Crippen LogP) is 2.63. The van der Waals surface area contributed by atoms with Crippen LogP contribution in [0.3, 0.4) is 0 Å². The van der Waals surface area contributed by atoms with Crippen molar-refractivity contribution in [2.45, 2.75) is 37.6 Å². The van der Waals surface area contributed by atoms with Gasteiger partial charge < -0.3 is 15.1 Å². The van der Waals surface area contributed by atoms with Gasteiger partial charge in [0.15, 0.2) is 0 Å². The Labute approximate surface area is 167 Å². The molecule has 1 atom stereocenters. The molecule has 1 unspecified atom stereocenters. The van der Waals surface area contributed by atoms with Gasteiger partial charge >= 0.3 is 6.03 Å². The molecule has 2 aliphatic heterocycles. The van der Waals surface area contributed by atoms with Crippen molar-refractivity contribution >= 4 is 6.03 Å². The molecule has 2 aliphatic rings. The number of rotatable bonds is 5. The van der Waals surface area contributed by atoms with Crippen molar-refractivity contribution in [1.82, 2.24) is 24.9 Å². The summed E-state index contributed by atoms with van der Waals surface area (Å²) in [6.45, 7) is 4.87. The number of nitrogens with zero attached hydrogens (tertiary/aromatic N) is 4. The Hall–Kier alpha value is -2.34. The molecule has 1 aromatic carbocycles. The van der Waals surface area contributed by atoms with E-state index in [0.29, 0.717) is 12.0 Å². The van der Waals surface area contributed by atoms with Crippen LogP contribution in [0.25, 0.3) is 0 Å². The van der Waals surface area contributed by atoms with Gasteiger partial charge in [-0.25, -0.2) is 4.79 Å². The zero-order valence-corrected chi connectivity index (χ0v) is 16.8. The summed E-state index contributed by atoms with van der Waals surface area (Å²) in [6, 6.07) is 11.1. The van der Waals surface area contributed by atoms with Gasteiger partial charge in [0.25, 0.3) is 0 Å². The van der Waals surface area contributed by atoms with Crippen LogP contribution in [0.2, 0.25) is 0 Å². The van der Waals surface area contributed by atoms with Crippen LogP contribution in [-0.2, 0) is 13.5 Å². The lowest BCUT2D eigenvalue weighted by Crippen LogP contribution is -2.49. The number of carbonyl (C=O) groups is 1. The van der Waals surface area contributed by atoms with E-state index < -0.39 is 0 Å². The van der Waals surface area contributed by atoms with E-state index >= 15 is 0 Å². The number of aryl methyl sites for hydroxylation is 1. The summed E-state index contributed by atoms with van der Waals surface area (Å²) in [6.07, 6.45) is 8.20. The molecule has 6 nitrogen and oxygen atoms in total. The molecule has 1 N–H and O–H groups in total. The summed E-state index contributed by atoms with van der Waals surface area (Å²) in [4.78, 5) is 17.2. The highest BCUT2D eigenvalue weighted by Crippen LogP contribution is 2.26. The maximum absolute atomic E-state index is 12.7. The van der Waals surface area contributed by atoms with Gasteiger partial charge in [-0.2, -0.15) is 5.10 Å². The maximum Gasteiger partial charge on any atom is 0.317 e. The number of carbonyl (C=O) groups excluding carboxylic acids is 1. The third-order valence-electron chi connectivity index (χ3n) is 6.15. The van der Waals surface area contributed by atoms with E-state index in [4.69, 9.17) is 0 Å². The number of aromatic nitrogens is 2. The number of urea groups is 1. The summed E-state index contributed by atoms with van der Waals surface area (Å²) >= 11 is 0. The summed E-state index contributed by atoms with van der Waals surface area (Å²) in [5.74, 6) is 0.416. The first-order chi connectivity index (χ1) is 13.7. The quantitative estimate of drug-likeness (QED) is 0.866. The highest BCUT2D eigenvalue weighted by atomic mass is 16.2. The van der Waals surface area contributed by atoms with Crippen LogP contribution >= 0.6 is 0 Å². The number of nitrogens with one attached hydrogen (secondary N) is 1. The zero-order chi connectivity index (χ0) is 19.3. The Bertz CT molecular complexity index is 766. The molecule has 0 spiro atoms. The van der Waals surface area contributed by atoms with Crippen LogP contribution in [0.1, 0.15) is 36.3 Å². The van der Waals surface area contributed by atoms with Crippen molar-refractivity contribution in [1.29, 1.82) is 0 Å². The Morgan fingerprint density at radius 3 is 2.64 bits per heavy atom. The summed E-state index contributed by atoms with van der Waals surface area (Å²) in [5, 5.41) is 7.53. The molecule has 0 aliphatic carbocycles. The second-order valence-corrected chi connectivity index (χ2v) is 8.18. The molecule has 3 heterocycles. The molecule has 0 bridgehead atoms. The minimum atomic E-state index is 0.106. The molecule has 6 heteroatoms. The molecule has 2 amide bonds. The fourth-order valence-corrected chi connectivity index (χ4v) is 4.37. The molecular weight excluding hydrogens is 350 g/mol. The molecule has 2 aromatic rings. The monoisotopic (exact) mass is 381 g/mol. The number of amides is 2. The fourth-order valence-electron chi connectivity index (χ4n) is 4.37. The Kier molecular flexibility index (Phi) is 5.95. The zero-order valence-electron chi connectivity index (χ0n) is 16.8. The third-order valence-corrected chi connectivity index (χ3v) is 6.15. The number of benzene rings is 1. The van der Waals surface area contributed by atoms with Crippen molar-refractivity contribution in [3.63, 3.8) is 0 Å². The number of hydrogen-bond donors (Lipinski definition) is 1. The lowest BCUT2D eigenvalue weighted by atomic mass is 10.0. The van der Waals surface area contributed by atoms with Gasteiger partial charge in [-0.15, -0.1) is 0 Å². The minimum Gasteiger partial charge on any atom is -0.335 e. The molecule has 0 saturated carbocycles. The van der Waals surface area contributed by atoms with E-state index in [1.165, 1.54) is 11.1 Å². The largest absolute Gasteiger partial charge is 0.335 e. The molecule has 2 fully saturated rings. The van der Waals surface area contributed by atoms with Crippen LogP contribution in [0.5, 0.6) is 0 Å². The molecule has 2 saturated heterocycles. The third kappa shape index (κ3) is 4.73. The highest BCUT2D eigenvalue weighted by Gasteiger charge is 2.29. The summed E-state index contributed by atoms with van der Waals surface area (Å²) in [5.41, 5.74) is 2.64. The normalized spacial score (nSPS) is 21.2. The molecule has 4 rings (SSSR count). The topological polar surface area (TPSA) is 53.4 Å². The van der Waals surface area contributed by atoms with Gasteiger partial charge in [-0.1, -0.05) is 30.3 Å². The van der Waals surface area contributed by atoms with Crippen molar-refractivity contribution in [3.05, 3.63) is 53.9 Å². The first-order valence-electron chi connectivity index (χ1n) is 10.5. The van der Waals surface area contributed by atoms with Crippen molar-refractivity contribution in [2.75, 3.05) is 32.7 Å². The van der Waals surface area contributed by atoms with E-state index in [9.17, 15) is 4.79 Å². The molecule has 150 valence electrons.